The summed E-state index contributed by atoms with van der Waals surface area (Å²) in [5.74, 6) is 2.03. The summed E-state index contributed by atoms with van der Waals surface area (Å²) in [5, 5.41) is 0. The van der Waals surface area contributed by atoms with Crippen LogP contribution in [-0.2, 0) is 4.74 Å². The third-order valence-electron chi connectivity index (χ3n) is 4.37. The van der Waals surface area contributed by atoms with Crippen molar-refractivity contribution in [2.45, 2.75) is 65.0 Å². The van der Waals surface area contributed by atoms with E-state index >= 15 is 0 Å². The Morgan fingerprint density at radius 1 is 1.30 bits per heavy atom. The van der Waals surface area contributed by atoms with Crippen LogP contribution in [0.15, 0.2) is 4.99 Å². The zero-order chi connectivity index (χ0) is 14.8. The average Bonchev–Trinajstić information content (AvgIpc) is 2.92. The molecule has 116 valence electrons. The molecule has 0 aliphatic carbocycles. The highest BCUT2D eigenvalue weighted by Gasteiger charge is 2.43. The van der Waals surface area contributed by atoms with Crippen LogP contribution in [-0.4, -0.2) is 42.2 Å². The van der Waals surface area contributed by atoms with Gasteiger partial charge < -0.3 is 15.4 Å². The molecule has 2 aliphatic heterocycles. The van der Waals surface area contributed by atoms with Crippen LogP contribution >= 0.6 is 0 Å². The van der Waals surface area contributed by atoms with Gasteiger partial charge in [-0.15, -0.1) is 0 Å². The molecule has 0 radical (unpaired) electrons. The fourth-order valence-corrected chi connectivity index (χ4v) is 3.87. The maximum atomic E-state index is 6.20. The summed E-state index contributed by atoms with van der Waals surface area (Å²) in [6, 6.07) is 0. The number of nitrogens with two attached hydrogens (primary N) is 1. The number of nitrogens with zero attached hydrogens (tertiary/aromatic N) is 2. The van der Waals surface area contributed by atoms with E-state index < -0.39 is 0 Å². The summed E-state index contributed by atoms with van der Waals surface area (Å²) < 4.78 is 5.81. The highest BCUT2D eigenvalue weighted by Crippen LogP contribution is 2.35. The van der Waals surface area contributed by atoms with Gasteiger partial charge >= 0.3 is 0 Å². The minimum absolute atomic E-state index is 0.109. The molecule has 2 rings (SSSR count). The molecule has 1 fully saturated rings. The zero-order valence-electron chi connectivity index (χ0n) is 13.6. The molecule has 2 N–H and O–H groups in total. The van der Waals surface area contributed by atoms with E-state index in [0.29, 0.717) is 17.9 Å². The monoisotopic (exact) mass is 281 g/mol. The number of rotatable bonds is 6. The molecule has 0 aromatic rings. The van der Waals surface area contributed by atoms with Crippen LogP contribution in [0.4, 0.5) is 0 Å². The van der Waals surface area contributed by atoms with E-state index in [0.717, 1.165) is 44.9 Å². The van der Waals surface area contributed by atoms with Gasteiger partial charge in [0, 0.05) is 13.2 Å². The van der Waals surface area contributed by atoms with Crippen LogP contribution in [0, 0.1) is 11.8 Å². The van der Waals surface area contributed by atoms with Crippen molar-refractivity contribution in [3.05, 3.63) is 0 Å². The van der Waals surface area contributed by atoms with Crippen molar-refractivity contribution in [1.29, 1.82) is 0 Å². The van der Waals surface area contributed by atoms with Crippen LogP contribution in [0.25, 0.3) is 0 Å². The molecule has 0 spiro atoms. The molecular formula is C16H31N3O. The van der Waals surface area contributed by atoms with Crippen LogP contribution in [0.2, 0.25) is 0 Å². The molecule has 4 nitrogen and oxygen atoms in total. The molecule has 1 unspecified atom stereocenters. The lowest BCUT2D eigenvalue weighted by atomic mass is 9.81. The van der Waals surface area contributed by atoms with Crippen molar-refractivity contribution < 1.29 is 4.74 Å². The van der Waals surface area contributed by atoms with Gasteiger partial charge in [0.2, 0.25) is 0 Å². The Balaban J connectivity index is 2.14. The van der Waals surface area contributed by atoms with Gasteiger partial charge in [-0.2, -0.15) is 0 Å². The quantitative estimate of drug-likeness (QED) is 0.814. The summed E-state index contributed by atoms with van der Waals surface area (Å²) >= 11 is 0. The van der Waals surface area contributed by atoms with Gasteiger partial charge in [-0.05, 0) is 37.5 Å². The molecule has 2 aliphatic rings. The Morgan fingerprint density at radius 3 is 2.45 bits per heavy atom. The average molecular weight is 281 g/mol. The largest absolute Gasteiger partial charge is 0.376 e. The fourth-order valence-electron chi connectivity index (χ4n) is 3.87. The molecule has 1 saturated heterocycles. The number of ether oxygens (including phenoxy) is 1. The third-order valence-corrected chi connectivity index (χ3v) is 4.37. The van der Waals surface area contributed by atoms with Gasteiger partial charge in [0.25, 0.3) is 0 Å². The lowest BCUT2D eigenvalue weighted by Crippen LogP contribution is -2.55. The Kier molecular flexibility index (Phi) is 4.95. The van der Waals surface area contributed by atoms with Crippen molar-refractivity contribution >= 4 is 5.96 Å². The molecule has 0 aromatic carbocycles. The minimum atomic E-state index is 0.109. The lowest BCUT2D eigenvalue weighted by molar-refractivity contribution is 0.0513. The van der Waals surface area contributed by atoms with Crippen molar-refractivity contribution in [3.63, 3.8) is 0 Å². The molecule has 1 atom stereocenters. The smallest absolute Gasteiger partial charge is 0.191 e. The Bertz CT molecular complexity index is 336. The second-order valence-electron chi connectivity index (χ2n) is 7.34. The van der Waals surface area contributed by atoms with Crippen LogP contribution in [0.5, 0.6) is 0 Å². The van der Waals surface area contributed by atoms with E-state index in [1.165, 1.54) is 6.42 Å². The van der Waals surface area contributed by atoms with Crippen molar-refractivity contribution in [2.24, 2.45) is 22.6 Å². The first-order chi connectivity index (χ1) is 9.43. The van der Waals surface area contributed by atoms with Crippen molar-refractivity contribution in [3.8, 4) is 0 Å². The molecule has 2 heterocycles. The summed E-state index contributed by atoms with van der Waals surface area (Å²) in [6.45, 7) is 11.8. The summed E-state index contributed by atoms with van der Waals surface area (Å²) in [5.41, 5.74) is 6.31. The number of aliphatic imine (C=N–C) groups is 1. The van der Waals surface area contributed by atoms with E-state index in [1.54, 1.807) is 0 Å². The summed E-state index contributed by atoms with van der Waals surface area (Å²) in [7, 11) is 0. The zero-order valence-corrected chi connectivity index (χ0v) is 13.6. The van der Waals surface area contributed by atoms with E-state index in [2.05, 4.69) is 37.6 Å². The third kappa shape index (κ3) is 3.46. The first kappa shape index (κ1) is 15.6. The predicted octanol–water partition coefficient (Wildman–Crippen LogP) is 2.63. The second-order valence-corrected chi connectivity index (χ2v) is 7.34. The minimum Gasteiger partial charge on any atom is -0.376 e. The van der Waals surface area contributed by atoms with Gasteiger partial charge in [0.05, 0.1) is 18.2 Å². The van der Waals surface area contributed by atoms with Gasteiger partial charge in [-0.3, -0.25) is 4.99 Å². The molecule has 0 bridgehead atoms. The molecule has 0 aromatic heterocycles. The second kappa shape index (κ2) is 6.33. The first-order valence-electron chi connectivity index (χ1n) is 8.12. The highest BCUT2D eigenvalue weighted by atomic mass is 16.5. The van der Waals surface area contributed by atoms with Gasteiger partial charge in [-0.1, -0.05) is 27.7 Å². The molecule has 4 heteroatoms. The fraction of sp³-hybridized carbons (Fsp3) is 0.938. The van der Waals surface area contributed by atoms with E-state index in [-0.39, 0.29) is 5.54 Å². The highest BCUT2D eigenvalue weighted by molar-refractivity contribution is 5.81. The van der Waals surface area contributed by atoms with Crippen LogP contribution in [0.3, 0.4) is 0 Å². The maximum Gasteiger partial charge on any atom is 0.191 e. The van der Waals surface area contributed by atoms with E-state index in [1.807, 2.05) is 0 Å². The maximum absolute atomic E-state index is 6.20. The SMILES string of the molecule is CC(C)CC1(CC(C)C)CN=C(N)N1CC1CCCO1. The van der Waals surface area contributed by atoms with E-state index in [4.69, 9.17) is 10.5 Å². The Labute approximate surface area is 123 Å². The first-order valence-corrected chi connectivity index (χ1v) is 8.12. The summed E-state index contributed by atoms with van der Waals surface area (Å²) in [4.78, 5) is 6.95. The Hall–Kier alpha value is -0.770. The lowest BCUT2D eigenvalue weighted by Gasteiger charge is -2.42. The van der Waals surface area contributed by atoms with Gasteiger partial charge in [0.1, 0.15) is 0 Å². The predicted molar refractivity (Wildman–Crippen MR) is 83.8 cm³/mol. The number of hydrogen-bond acceptors (Lipinski definition) is 4. The molecule has 20 heavy (non-hydrogen) atoms. The van der Waals surface area contributed by atoms with Crippen LogP contribution < -0.4 is 5.73 Å². The topological polar surface area (TPSA) is 50.8 Å². The molecule has 0 amide bonds. The van der Waals surface area contributed by atoms with Crippen LogP contribution in [0.1, 0.15) is 53.4 Å². The Morgan fingerprint density at radius 2 is 1.95 bits per heavy atom. The standard InChI is InChI=1S/C16H31N3O/c1-12(2)8-16(9-13(3)4)11-18-15(17)19(16)10-14-6-5-7-20-14/h12-14H,5-11H2,1-4H3,(H2,17,18). The number of guanidine groups is 1. The van der Waals surface area contributed by atoms with Gasteiger partial charge in [0.15, 0.2) is 5.96 Å². The van der Waals surface area contributed by atoms with Crippen molar-refractivity contribution in [2.75, 3.05) is 19.7 Å². The van der Waals surface area contributed by atoms with Crippen molar-refractivity contribution in [1.82, 2.24) is 4.90 Å². The number of hydrogen-bond donors (Lipinski definition) is 1. The van der Waals surface area contributed by atoms with E-state index in [9.17, 15) is 0 Å². The normalized spacial score (nSPS) is 25.8. The summed E-state index contributed by atoms with van der Waals surface area (Å²) in [6.07, 6.45) is 4.98. The molecular weight excluding hydrogens is 250 g/mol. The molecule has 0 saturated carbocycles. The van der Waals surface area contributed by atoms with Gasteiger partial charge in [-0.25, -0.2) is 0 Å².